The maximum atomic E-state index is 2.39. The second-order valence-corrected chi connectivity index (χ2v) is 5.45. The number of aryl methyl sites for hydroxylation is 2. The molecular weight excluding hydrogens is 307 g/mol. The lowest BCUT2D eigenvalue weighted by molar-refractivity contribution is 1.36. The Labute approximate surface area is 111 Å². The van der Waals surface area contributed by atoms with Crippen LogP contribution in [0.4, 0.5) is 0 Å². The number of rotatable bonds is 1. The van der Waals surface area contributed by atoms with Crippen molar-refractivity contribution in [1.82, 2.24) is 0 Å². The highest BCUT2D eigenvalue weighted by Crippen LogP contribution is 2.28. The van der Waals surface area contributed by atoms with E-state index in [4.69, 9.17) is 0 Å². The van der Waals surface area contributed by atoms with Gasteiger partial charge in [0.05, 0.1) is 0 Å². The molecule has 16 heavy (non-hydrogen) atoms. The van der Waals surface area contributed by atoms with Crippen LogP contribution in [0.15, 0.2) is 36.4 Å². The second-order valence-electron chi connectivity index (χ2n) is 4.29. The minimum absolute atomic E-state index is 1.33. The number of hydrogen-bond donors (Lipinski definition) is 0. The maximum absolute atomic E-state index is 2.39. The average Bonchev–Trinajstić information content (AvgIpc) is 2.20. The van der Waals surface area contributed by atoms with E-state index in [1.165, 1.54) is 31.4 Å². The van der Waals surface area contributed by atoms with Gasteiger partial charge in [0.15, 0.2) is 0 Å². The van der Waals surface area contributed by atoms with Crippen molar-refractivity contribution in [2.24, 2.45) is 0 Å². The van der Waals surface area contributed by atoms with Crippen LogP contribution in [0, 0.1) is 24.3 Å². The monoisotopic (exact) mass is 322 g/mol. The molecule has 0 heterocycles. The molecule has 0 nitrogen and oxygen atoms in total. The summed E-state index contributed by atoms with van der Waals surface area (Å²) in [5, 5.41) is 0. The van der Waals surface area contributed by atoms with Gasteiger partial charge in [0.1, 0.15) is 0 Å². The summed E-state index contributed by atoms with van der Waals surface area (Å²) in [4.78, 5) is 0. The molecule has 82 valence electrons. The Hall–Kier alpha value is -0.830. The molecule has 0 aliphatic heterocycles. The molecule has 2 aromatic rings. The van der Waals surface area contributed by atoms with Crippen LogP contribution >= 0.6 is 22.6 Å². The SMILES string of the molecule is Cc1cc(C)cc(-c2cccc(I)c2C)c1. The summed E-state index contributed by atoms with van der Waals surface area (Å²) in [5.74, 6) is 0. The Morgan fingerprint density at radius 2 is 1.50 bits per heavy atom. The van der Waals surface area contributed by atoms with E-state index in [1.807, 2.05) is 0 Å². The van der Waals surface area contributed by atoms with Gasteiger partial charge >= 0.3 is 0 Å². The van der Waals surface area contributed by atoms with E-state index in [-0.39, 0.29) is 0 Å². The molecule has 0 fully saturated rings. The van der Waals surface area contributed by atoms with Gasteiger partial charge in [0.25, 0.3) is 0 Å². The molecule has 0 saturated heterocycles. The highest BCUT2D eigenvalue weighted by Gasteiger charge is 2.05. The zero-order valence-electron chi connectivity index (χ0n) is 9.84. The van der Waals surface area contributed by atoms with Gasteiger partial charge in [-0.05, 0) is 66.1 Å². The first-order valence-corrected chi connectivity index (χ1v) is 6.49. The summed E-state index contributed by atoms with van der Waals surface area (Å²) in [6.07, 6.45) is 0. The molecule has 2 rings (SSSR count). The van der Waals surface area contributed by atoms with Crippen LogP contribution in [0.5, 0.6) is 0 Å². The predicted molar refractivity (Wildman–Crippen MR) is 78.8 cm³/mol. The van der Waals surface area contributed by atoms with Gasteiger partial charge in [-0.15, -0.1) is 0 Å². The molecule has 0 bridgehead atoms. The molecular formula is C15H15I. The van der Waals surface area contributed by atoms with Crippen LogP contribution in [-0.2, 0) is 0 Å². The van der Waals surface area contributed by atoms with Gasteiger partial charge in [-0.1, -0.05) is 41.5 Å². The first-order valence-electron chi connectivity index (χ1n) is 5.42. The molecule has 0 atom stereocenters. The Balaban J connectivity index is 2.63. The highest BCUT2D eigenvalue weighted by atomic mass is 127. The zero-order chi connectivity index (χ0) is 11.7. The van der Waals surface area contributed by atoms with Crippen molar-refractivity contribution >= 4 is 22.6 Å². The minimum atomic E-state index is 1.33. The topological polar surface area (TPSA) is 0 Å². The predicted octanol–water partition coefficient (Wildman–Crippen LogP) is 4.88. The first-order chi connectivity index (χ1) is 7.58. The fourth-order valence-corrected chi connectivity index (χ4v) is 2.55. The van der Waals surface area contributed by atoms with Crippen molar-refractivity contribution in [3.05, 3.63) is 56.7 Å². The Bertz CT molecular complexity index is 507. The van der Waals surface area contributed by atoms with Crippen LogP contribution in [0.25, 0.3) is 11.1 Å². The van der Waals surface area contributed by atoms with Crippen molar-refractivity contribution in [1.29, 1.82) is 0 Å². The summed E-state index contributed by atoms with van der Waals surface area (Å²) in [7, 11) is 0. The van der Waals surface area contributed by atoms with Gasteiger partial charge in [0, 0.05) is 3.57 Å². The van der Waals surface area contributed by atoms with Crippen molar-refractivity contribution in [2.75, 3.05) is 0 Å². The van der Waals surface area contributed by atoms with Crippen molar-refractivity contribution in [2.45, 2.75) is 20.8 Å². The third kappa shape index (κ3) is 2.29. The molecule has 0 spiro atoms. The van der Waals surface area contributed by atoms with E-state index in [0.717, 1.165) is 0 Å². The van der Waals surface area contributed by atoms with Gasteiger partial charge in [-0.3, -0.25) is 0 Å². The van der Waals surface area contributed by atoms with Crippen LogP contribution < -0.4 is 0 Å². The largest absolute Gasteiger partial charge is 0.0606 e. The van der Waals surface area contributed by atoms with Crippen LogP contribution in [0.3, 0.4) is 0 Å². The Morgan fingerprint density at radius 3 is 2.12 bits per heavy atom. The molecule has 0 unspecified atom stereocenters. The maximum Gasteiger partial charge on any atom is 0.0165 e. The van der Waals surface area contributed by atoms with E-state index >= 15 is 0 Å². The van der Waals surface area contributed by atoms with Gasteiger partial charge in [0.2, 0.25) is 0 Å². The average molecular weight is 322 g/mol. The van der Waals surface area contributed by atoms with Gasteiger partial charge in [-0.25, -0.2) is 0 Å². The summed E-state index contributed by atoms with van der Waals surface area (Å²) < 4.78 is 1.33. The van der Waals surface area contributed by atoms with Gasteiger partial charge in [-0.2, -0.15) is 0 Å². The molecule has 0 aromatic heterocycles. The first kappa shape index (κ1) is 11.6. The van der Waals surface area contributed by atoms with E-state index < -0.39 is 0 Å². The standard InChI is InChI=1S/C15H15I/c1-10-7-11(2)9-13(8-10)14-5-4-6-15(16)12(14)3/h4-9H,1-3H3. The molecule has 0 aliphatic rings. The minimum Gasteiger partial charge on any atom is -0.0606 e. The van der Waals surface area contributed by atoms with E-state index in [9.17, 15) is 0 Å². The fraction of sp³-hybridized carbons (Fsp3) is 0.200. The van der Waals surface area contributed by atoms with Crippen molar-refractivity contribution in [3.8, 4) is 11.1 Å². The zero-order valence-corrected chi connectivity index (χ0v) is 12.0. The lowest BCUT2D eigenvalue weighted by Crippen LogP contribution is -1.88. The Morgan fingerprint density at radius 1 is 0.875 bits per heavy atom. The molecule has 0 N–H and O–H groups in total. The number of halogens is 1. The number of hydrogen-bond acceptors (Lipinski definition) is 0. The normalized spacial score (nSPS) is 10.5. The molecule has 0 saturated carbocycles. The Kier molecular flexibility index (Phi) is 3.33. The van der Waals surface area contributed by atoms with E-state index in [1.54, 1.807) is 0 Å². The summed E-state index contributed by atoms with van der Waals surface area (Å²) in [5.41, 5.74) is 6.70. The quantitative estimate of drug-likeness (QED) is 0.656. The smallest absolute Gasteiger partial charge is 0.0165 e. The lowest BCUT2D eigenvalue weighted by atomic mass is 9.97. The van der Waals surface area contributed by atoms with Crippen molar-refractivity contribution < 1.29 is 0 Å². The second kappa shape index (κ2) is 4.58. The summed E-state index contributed by atoms with van der Waals surface area (Å²) >= 11 is 2.39. The van der Waals surface area contributed by atoms with Crippen LogP contribution in [-0.4, -0.2) is 0 Å². The highest BCUT2D eigenvalue weighted by molar-refractivity contribution is 14.1. The van der Waals surface area contributed by atoms with Crippen molar-refractivity contribution in [3.63, 3.8) is 0 Å². The lowest BCUT2D eigenvalue weighted by Gasteiger charge is -2.09. The fourth-order valence-electron chi connectivity index (χ4n) is 2.05. The molecule has 0 amide bonds. The number of benzene rings is 2. The summed E-state index contributed by atoms with van der Waals surface area (Å²) in [6, 6.07) is 13.2. The molecule has 2 aromatic carbocycles. The summed E-state index contributed by atoms with van der Waals surface area (Å²) in [6.45, 7) is 6.49. The van der Waals surface area contributed by atoms with E-state index in [0.29, 0.717) is 0 Å². The third-order valence-electron chi connectivity index (χ3n) is 2.80. The molecule has 0 aliphatic carbocycles. The third-order valence-corrected chi connectivity index (χ3v) is 3.97. The van der Waals surface area contributed by atoms with Crippen LogP contribution in [0.1, 0.15) is 16.7 Å². The van der Waals surface area contributed by atoms with Gasteiger partial charge < -0.3 is 0 Å². The van der Waals surface area contributed by atoms with Crippen LogP contribution in [0.2, 0.25) is 0 Å². The molecule has 0 radical (unpaired) electrons. The molecule has 1 heteroatoms. The van der Waals surface area contributed by atoms with E-state index in [2.05, 4.69) is 79.8 Å².